The van der Waals surface area contributed by atoms with E-state index in [0.29, 0.717) is 0 Å². The minimum Gasteiger partial charge on any atom is -0.257 e. The number of pyridine rings is 1. The van der Waals surface area contributed by atoms with E-state index in [1.807, 2.05) is 6.07 Å². The monoisotopic (exact) mass is 311 g/mol. The van der Waals surface area contributed by atoms with Crippen LogP contribution >= 0.6 is 0 Å². The predicted octanol–water partition coefficient (Wildman–Crippen LogP) is 5.24. The minimum atomic E-state index is -1.63. The molecule has 0 N–H and O–H groups in total. The van der Waals surface area contributed by atoms with E-state index in [-0.39, 0.29) is 5.82 Å². The smallest absolute Gasteiger partial charge is 0.125 e. The Morgan fingerprint density at radius 1 is 0.864 bits per heavy atom. The van der Waals surface area contributed by atoms with Gasteiger partial charge in [-0.3, -0.25) is 4.98 Å². The third kappa shape index (κ3) is 2.24. The Kier molecular flexibility index (Phi) is 4.00. The Bertz CT molecular complexity index is 816. The van der Waals surface area contributed by atoms with Gasteiger partial charge < -0.3 is 0 Å². The van der Waals surface area contributed by atoms with Gasteiger partial charge in [0.1, 0.15) is 13.9 Å². The molecule has 0 aliphatic rings. The van der Waals surface area contributed by atoms with Crippen LogP contribution in [0.3, 0.4) is 0 Å². The number of hydrogen-bond donors (Lipinski definition) is 0. The zero-order valence-corrected chi connectivity index (χ0v) is 14.5. The molecule has 1 aromatic heterocycles. The van der Waals surface area contributed by atoms with Crippen LogP contribution in [-0.2, 0) is 0 Å². The molecule has 114 valence electrons. The van der Waals surface area contributed by atoms with Crippen molar-refractivity contribution in [3.63, 3.8) is 0 Å². The maximum atomic E-state index is 13.7. The molecule has 0 saturated heterocycles. The van der Waals surface area contributed by atoms with Crippen LogP contribution in [0.2, 0.25) is 18.1 Å². The van der Waals surface area contributed by atoms with Crippen molar-refractivity contribution in [2.45, 2.75) is 38.9 Å². The lowest BCUT2D eigenvalue weighted by Gasteiger charge is -2.29. The zero-order chi connectivity index (χ0) is 15.7. The summed E-state index contributed by atoms with van der Waals surface area (Å²) in [5, 5.41) is 4.77. The van der Waals surface area contributed by atoms with Crippen LogP contribution in [0.5, 0.6) is 0 Å². The van der Waals surface area contributed by atoms with Gasteiger partial charge in [-0.25, -0.2) is 4.39 Å². The number of benzene rings is 2. The van der Waals surface area contributed by atoms with Gasteiger partial charge in [0.15, 0.2) is 0 Å². The lowest BCUT2D eigenvalue weighted by molar-refractivity contribution is 0.629. The highest BCUT2D eigenvalue weighted by molar-refractivity contribution is 6.92. The molecule has 0 saturated carbocycles. The normalized spacial score (nSPS) is 12.2. The van der Waals surface area contributed by atoms with Crippen LogP contribution in [0.1, 0.15) is 20.8 Å². The molecule has 22 heavy (non-hydrogen) atoms. The largest absolute Gasteiger partial charge is 0.257 e. The van der Waals surface area contributed by atoms with Crippen molar-refractivity contribution in [2.75, 3.05) is 0 Å². The molecule has 0 unspecified atom stereocenters. The molecule has 2 aromatic carbocycles. The molecule has 0 atom stereocenters. The van der Waals surface area contributed by atoms with Crippen LogP contribution < -0.4 is 5.32 Å². The summed E-state index contributed by atoms with van der Waals surface area (Å²) in [6.45, 7) is 6.85. The maximum absolute atomic E-state index is 13.7. The molecule has 0 fully saturated rings. The molecular weight excluding hydrogens is 289 g/mol. The highest BCUT2D eigenvalue weighted by Crippen LogP contribution is 2.28. The van der Waals surface area contributed by atoms with Gasteiger partial charge in [0, 0.05) is 16.8 Å². The van der Waals surface area contributed by atoms with Gasteiger partial charge in [-0.15, -0.1) is 0 Å². The summed E-state index contributed by atoms with van der Waals surface area (Å²) in [5.41, 5.74) is 0.793. The Labute approximate surface area is 132 Å². The molecule has 3 aromatic rings. The Morgan fingerprint density at radius 3 is 2.14 bits per heavy atom. The topological polar surface area (TPSA) is 12.9 Å². The molecule has 0 amide bonds. The van der Waals surface area contributed by atoms with Crippen molar-refractivity contribution in [3.05, 3.63) is 48.3 Å². The molecular formula is C19H22FNSi. The lowest BCUT2D eigenvalue weighted by Crippen LogP contribution is -2.48. The number of fused-ring (bicyclic) bond motifs is 3. The molecule has 0 aliphatic heterocycles. The van der Waals surface area contributed by atoms with Gasteiger partial charge in [0.25, 0.3) is 0 Å². The average Bonchev–Trinajstić information content (AvgIpc) is 2.56. The third-order valence-electron chi connectivity index (χ3n) is 5.20. The van der Waals surface area contributed by atoms with Gasteiger partial charge in [0.2, 0.25) is 0 Å². The average molecular weight is 311 g/mol. The molecule has 1 nitrogen and oxygen atoms in total. The first-order valence-corrected chi connectivity index (χ1v) is 10.8. The lowest BCUT2D eigenvalue weighted by atomic mass is 10.1. The fourth-order valence-corrected chi connectivity index (χ4v) is 7.24. The summed E-state index contributed by atoms with van der Waals surface area (Å²) in [6.07, 6.45) is 0. The second-order valence-corrected chi connectivity index (χ2v) is 11.2. The first-order chi connectivity index (χ1) is 10.6. The Balaban J connectivity index is 2.46. The third-order valence-corrected chi connectivity index (χ3v) is 10.6. The highest BCUT2D eigenvalue weighted by atomic mass is 28.3. The summed E-state index contributed by atoms with van der Waals surface area (Å²) in [7, 11) is -1.63. The first kappa shape index (κ1) is 15.2. The van der Waals surface area contributed by atoms with E-state index < -0.39 is 8.07 Å². The minimum absolute atomic E-state index is 0.210. The molecule has 0 spiro atoms. The van der Waals surface area contributed by atoms with E-state index in [9.17, 15) is 4.39 Å². The van der Waals surface area contributed by atoms with Gasteiger partial charge >= 0.3 is 0 Å². The van der Waals surface area contributed by atoms with Crippen molar-refractivity contribution in [2.24, 2.45) is 0 Å². The number of rotatable bonds is 4. The van der Waals surface area contributed by atoms with E-state index in [0.717, 1.165) is 10.9 Å². The van der Waals surface area contributed by atoms with Crippen molar-refractivity contribution in [1.82, 2.24) is 4.98 Å². The van der Waals surface area contributed by atoms with Crippen LogP contribution in [-0.4, -0.2) is 13.1 Å². The quantitative estimate of drug-likeness (QED) is 0.474. The second-order valence-electron chi connectivity index (χ2n) is 6.01. The van der Waals surface area contributed by atoms with Crippen molar-refractivity contribution in [1.29, 1.82) is 0 Å². The van der Waals surface area contributed by atoms with Crippen molar-refractivity contribution in [3.8, 4) is 0 Å². The molecule has 0 aliphatic carbocycles. The van der Waals surface area contributed by atoms with Gasteiger partial charge in [-0.2, -0.15) is 0 Å². The number of halogens is 1. The van der Waals surface area contributed by atoms with Gasteiger partial charge in [0.05, 0.1) is 5.52 Å². The van der Waals surface area contributed by atoms with Crippen molar-refractivity contribution >= 4 is 35.1 Å². The van der Waals surface area contributed by atoms with Crippen LogP contribution in [0, 0.1) is 5.82 Å². The molecule has 1 heterocycles. The standard InChI is InChI=1S/C19H22FNSi/c1-4-22(5-2,6-3)19-17-10-8-7-9-15(17)16-12-11-14(20)13-18(16)21-19/h7-13H,4-6H2,1-3H3. The van der Waals surface area contributed by atoms with E-state index in [1.54, 1.807) is 6.07 Å². The number of hydrogen-bond acceptors (Lipinski definition) is 1. The van der Waals surface area contributed by atoms with Crippen LogP contribution in [0.15, 0.2) is 42.5 Å². The fourth-order valence-electron chi connectivity index (χ4n) is 3.59. The Hall–Kier alpha value is -1.74. The summed E-state index contributed by atoms with van der Waals surface area (Å²) in [5.74, 6) is -0.210. The van der Waals surface area contributed by atoms with Gasteiger partial charge in [-0.05, 0) is 22.9 Å². The van der Waals surface area contributed by atoms with E-state index in [4.69, 9.17) is 4.98 Å². The summed E-state index contributed by atoms with van der Waals surface area (Å²) >= 11 is 0. The van der Waals surface area contributed by atoms with E-state index >= 15 is 0 Å². The maximum Gasteiger partial charge on any atom is 0.125 e. The first-order valence-electron chi connectivity index (χ1n) is 8.13. The van der Waals surface area contributed by atoms with Gasteiger partial charge in [-0.1, -0.05) is 63.2 Å². The molecule has 3 heteroatoms. The number of aromatic nitrogens is 1. The van der Waals surface area contributed by atoms with Crippen LogP contribution in [0.25, 0.3) is 21.7 Å². The van der Waals surface area contributed by atoms with Crippen LogP contribution in [0.4, 0.5) is 4.39 Å². The molecule has 0 radical (unpaired) electrons. The van der Waals surface area contributed by atoms with Crippen molar-refractivity contribution < 1.29 is 4.39 Å². The zero-order valence-electron chi connectivity index (χ0n) is 13.5. The number of nitrogens with zero attached hydrogens (tertiary/aromatic N) is 1. The second kappa shape index (κ2) is 5.80. The SMILES string of the molecule is CC[Si](CC)(CC)c1nc2cc(F)ccc2c2ccccc12. The fraction of sp³-hybridized carbons (Fsp3) is 0.316. The van der Waals surface area contributed by atoms with E-state index in [1.165, 1.54) is 40.3 Å². The Morgan fingerprint density at radius 2 is 1.50 bits per heavy atom. The van der Waals surface area contributed by atoms with E-state index in [2.05, 4.69) is 45.0 Å². The molecule has 0 bridgehead atoms. The summed E-state index contributed by atoms with van der Waals surface area (Å²) in [6, 6.07) is 17.0. The summed E-state index contributed by atoms with van der Waals surface area (Å²) < 4.78 is 13.7. The highest BCUT2D eigenvalue weighted by Gasteiger charge is 2.33. The molecule has 3 rings (SSSR count). The predicted molar refractivity (Wildman–Crippen MR) is 96.0 cm³/mol. The summed E-state index contributed by atoms with van der Waals surface area (Å²) in [4.78, 5) is 4.97.